The number of hydrogen-bond acceptors (Lipinski definition) is 7. The maximum atomic E-state index is 12.3. The van der Waals surface area contributed by atoms with Crippen LogP contribution in [0.15, 0.2) is 43.0 Å². The van der Waals surface area contributed by atoms with Gasteiger partial charge in [-0.05, 0) is 94.4 Å². The van der Waals surface area contributed by atoms with Gasteiger partial charge in [0.15, 0.2) is 5.82 Å². The number of aryl methyl sites for hydroxylation is 1. The molecule has 8 heteroatoms. The molecule has 0 bridgehead atoms. The molecule has 8 rings (SSSR count). The van der Waals surface area contributed by atoms with Crippen molar-refractivity contribution in [2.45, 2.75) is 126 Å². The second kappa shape index (κ2) is 20.7. The highest BCUT2D eigenvalue weighted by molar-refractivity contribution is 5.88. The number of amides is 1. The normalized spacial score (nSPS) is 21.4. The second-order valence-corrected chi connectivity index (χ2v) is 16.3. The fraction of sp³-hybridized carbons (Fsp3) is 0.612. The van der Waals surface area contributed by atoms with Crippen molar-refractivity contribution in [2.24, 2.45) is 5.41 Å². The van der Waals surface area contributed by atoms with Crippen LogP contribution in [0.3, 0.4) is 0 Å². The highest BCUT2D eigenvalue weighted by Gasteiger charge is 2.49. The number of hydrogen-bond donors (Lipinski definition) is 0. The molecule has 1 aromatic heterocycles. The molecule has 1 unspecified atom stereocenters. The Morgan fingerprint density at radius 1 is 0.895 bits per heavy atom. The van der Waals surface area contributed by atoms with E-state index >= 15 is 0 Å². The minimum atomic E-state index is 0. The van der Waals surface area contributed by atoms with Gasteiger partial charge in [0.2, 0.25) is 11.9 Å². The zero-order valence-electron chi connectivity index (χ0n) is 36.2. The first kappa shape index (κ1) is 45.8. The van der Waals surface area contributed by atoms with E-state index in [2.05, 4.69) is 77.7 Å². The van der Waals surface area contributed by atoms with Crippen molar-refractivity contribution in [1.82, 2.24) is 24.7 Å². The Hall–Kier alpha value is -3.93. The topological polar surface area (TPSA) is 59.1 Å². The largest absolute Gasteiger partial charge is 0.355 e. The number of terminal acetylenes is 1. The maximum Gasteiger partial charge on any atom is 0.245 e. The molecule has 312 valence electrons. The molecule has 1 aromatic carbocycles. The first-order valence-electron chi connectivity index (χ1n) is 21.9. The molecule has 5 fully saturated rings. The number of fused-ring (bicyclic) bond motifs is 1. The number of benzene rings is 1. The Kier molecular flexibility index (Phi) is 16.6. The van der Waals surface area contributed by atoms with E-state index < -0.39 is 0 Å². The summed E-state index contributed by atoms with van der Waals surface area (Å²) in [6.07, 6.45) is 20.2. The summed E-state index contributed by atoms with van der Waals surface area (Å²) in [5, 5.41) is 0. The van der Waals surface area contributed by atoms with Gasteiger partial charge in [-0.15, -0.1) is 13.0 Å². The number of piperazine rings is 1. The predicted octanol–water partition coefficient (Wildman–Crippen LogP) is 9.59. The fourth-order valence-electron chi connectivity index (χ4n) is 9.67. The number of carbonyl (C=O) groups is 1. The molecule has 1 atom stereocenters. The number of likely N-dealkylation sites (tertiary alicyclic amines) is 1. The third-order valence-corrected chi connectivity index (χ3v) is 12.6. The standard InChI is InChI=1S/C41H53N7O.C3H6.2C2H6.CH4/c1-6-30-23-28(4)24-31-10-9-29(5)36(37(30)31)38-34(7-2)39(47-18-15-41(25-47)26-48(27-41)35(49)8-3)43-40(42-38)46-16-13-33(14-17-46)45-21-19-44(20-22-45)32-11-12-32;1-3-2;2*1-2;/h2,8-10,24,30,32-33H,3,6,11-23,25-27H2,1,4-5H3;3H,1H2,2H3;2*1-2H3;1H4. The highest BCUT2D eigenvalue weighted by Crippen LogP contribution is 2.47. The van der Waals surface area contributed by atoms with Gasteiger partial charge in [-0.3, -0.25) is 14.6 Å². The molecule has 4 saturated heterocycles. The Bertz CT molecular complexity index is 1750. The van der Waals surface area contributed by atoms with Gasteiger partial charge in [0.25, 0.3) is 0 Å². The summed E-state index contributed by atoms with van der Waals surface area (Å²) in [5.74, 6) is 5.27. The van der Waals surface area contributed by atoms with Crippen molar-refractivity contribution < 1.29 is 4.79 Å². The Morgan fingerprint density at radius 3 is 2.04 bits per heavy atom. The monoisotopic (exact) mass is 778 g/mol. The molecule has 57 heavy (non-hydrogen) atoms. The van der Waals surface area contributed by atoms with Crippen LogP contribution < -0.4 is 9.80 Å². The Labute approximate surface area is 347 Å². The zero-order valence-corrected chi connectivity index (χ0v) is 36.2. The SMILES string of the molecule is C.C#Cc1c(-c2c(C)ccc3c2C(CC)CC(C)=C3)nc(N2CCC(N3CCN(C4CC4)CC3)CC2)nc1N1CCC2(CN(C(=O)C=C)C2)C1.C=CC.CC.CC. The predicted molar refractivity (Wildman–Crippen MR) is 244 cm³/mol. The first-order valence-corrected chi connectivity index (χ1v) is 21.9. The van der Waals surface area contributed by atoms with E-state index in [0.717, 1.165) is 100 Å². The van der Waals surface area contributed by atoms with Crippen molar-refractivity contribution in [2.75, 3.05) is 75.2 Å². The van der Waals surface area contributed by atoms with Gasteiger partial charge >= 0.3 is 0 Å². The molecule has 8 nitrogen and oxygen atoms in total. The first-order chi connectivity index (χ1) is 27.2. The van der Waals surface area contributed by atoms with Crippen molar-refractivity contribution in [3.63, 3.8) is 0 Å². The van der Waals surface area contributed by atoms with Crippen molar-refractivity contribution >= 4 is 23.7 Å². The Balaban J connectivity index is 0.000000849. The van der Waals surface area contributed by atoms with E-state index in [1.807, 2.05) is 39.5 Å². The van der Waals surface area contributed by atoms with Crippen LogP contribution in [0.5, 0.6) is 0 Å². The van der Waals surface area contributed by atoms with E-state index in [-0.39, 0.29) is 18.7 Å². The van der Waals surface area contributed by atoms with Crippen LogP contribution in [0.2, 0.25) is 0 Å². The lowest BCUT2D eigenvalue weighted by Gasteiger charge is -2.47. The average molecular weight is 778 g/mol. The van der Waals surface area contributed by atoms with Gasteiger partial charge in [-0.1, -0.05) is 84.4 Å². The summed E-state index contributed by atoms with van der Waals surface area (Å²) in [6.45, 7) is 33.7. The van der Waals surface area contributed by atoms with E-state index in [0.29, 0.717) is 12.0 Å². The molecule has 0 N–H and O–H groups in total. The zero-order chi connectivity index (χ0) is 40.6. The molecule has 1 saturated carbocycles. The minimum Gasteiger partial charge on any atom is -0.355 e. The van der Waals surface area contributed by atoms with Gasteiger partial charge in [0.05, 0.1) is 11.3 Å². The lowest BCUT2D eigenvalue weighted by molar-refractivity contribution is -0.136. The van der Waals surface area contributed by atoms with Gasteiger partial charge in [0, 0.05) is 88.5 Å². The molecule has 2 aromatic rings. The minimum absolute atomic E-state index is 0. The molecule has 6 aliphatic rings. The van der Waals surface area contributed by atoms with E-state index in [1.165, 1.54) is 72.9 Å². The van der Waals surface area contributed by atoms with Crippen LogP contribution in [0, 0.1) is 24.7 Å². The van der Waals surface area contributed by atoms with Crippen molar-refractivity contribution in [3.05, 3.63) is 65.3 Å². The molecule has 1 spiro atoms. The number of aromatic nitrogens is 2. The highest BCUT2D eigenvalue weighted by atomic mass is 16.2. The molecule has 5 heterocycles. The summed E-state index contributed by atoms with van der Waals surface area (Å²) < 4.78 is 0. The fourth-order valence-corrected chi connectivity index (χ4v) is 9.67. The summed E-state index contributed by atoms with van der Waals surface area (Å²) >= 11 is 0. The van der Waals surface area contributed by atoms with Crippen LogP contribution in [-0.4, -0.2) is 108 Å². The lowest BCUT2D eigenvalue weighted by atomic mass is 9.77. The maximum absolute atomic E-state index is 12.3. The number of nitrogens with zero attached hydrogens (tertiary/aromatic N) is 7. The number of piperidine rings is 1. The number of allylic oxidation sites excluding steroid dienone is 2. The van der Waals surface area contributed by atoms with Crippen LogP contribution in [0.4, 0.5) is 11.8 Å². The van der Waals surface area contributed by atoms with Crippen LogP contribution in [-0.2, 0) is 4.79 Å². The molecule has 4 aliphatic heterocycles. The third-order valence-electron chi connectivity index (χ3n) is 12.6. The molecular formula is C49H75N7O. The van der Waals surface area contributed by atoms with Crippen LogP contribution in [0.1, 0.15) is 129 Å². The molecule has 2 aliphatic carbocycles. The quantitative estimate of drug-likeness (QED) is 0.158. The van der Waals surface area contributed by atoms with Gasteiger partial charge in [-0.25, -0.2) is 4.98 Å². The third kappa shape index (κ3) is 9.86. The van der Waals surface area contributed by atoms with Crippen molar-refractivity contribution in [3.8, 4) is 23.6 Å². The molecule has 0 radical (unpaired) electrons. The second-order valence-electron chi connectivity index (χ2n) is 16.3. The van der Waals surface area contributed by atoms with Crippen molar-refractivity contribution in [1.29, 1.82) is 0 Å². The number of carbonyl (C=O) groups excluding carboxylic acids is 1. The van der Waals surface area contributed by atoms with Gasteiger partial charge in [0.1, 0.15) is 0 Å². The smallest absolute Gasteiger partial charge is 0.245 e. The van der Waals surface area contributed by atoms with Gasteiger partial charge < -0.3 is 14.7 Å². The van der Waals surface area contributed by atoms with E-state index in [1.54, 1.807) is 6.08 Å². The van der Waals surface area contributed by atoms with Crippen LogP contribution in [0.25, 0.3) is 17.3 Å². The number of anilines is 2. The van der Waals surface area contributed by atoms with Crippen LogP contribution >= 0.6 is 0 Å². The molecule has 1 amide bonds. The van der Waals surface area contributed by atoms with E-state index in [4.69, 9.17) is 16.4 Å². The number of rotatable bonds is 7. The van der Waals surface area contributed by atoms with E-state index in [9.17, 15) is 4.79 Å². The summed E-state index contributed by atoms with van der Waals surface area (Å²) in [6, 6.07) is 6.02. The summed E-state index contributed by atoms with van der Waals surface area (Å²) in [5.41, 5.74) is 8.34. The average Bonchev–Trinajstić information content (AvgIpc) is 3.98. The Morgan fingerprint density at radius 2 is 1.49 bits per heavy atom. The summed E-state index contributed by atoms with van der Waals surface area (Å²) in [4.78, 5) is 35.3. The summed E-state index contributed by atoms with van der Waals surface area (Å²) in [7, 11) is 0. The van der Waals surface area contributed by atoms with Gasteiger partial charge in [-0.2, -0.15) is 4.98 Å². The molecular weight excluding hydrogens is 703 g/mol. The lowest BCUT2D eigenvalue weighted by Crippen LogP contribution is -2.59.